The number of hydrogen-bond acceptors (Lipinski definition) is 3. The summed E-state index contributed by atoms with van der Waals surface area (Å²) < 4.78 is 0. The predicted molar refractivity (Wildman–Crippen MR) is 101 cm³/mol. The Labute approximate surface area is 157 Å². The quantitative estimate of drug-likeness (QED) is 0.891. The monoisotopic (exact) mass is 363 g/mol. The van der Waals surface area contributed by atoms with Crippen molar-refractivity contribution in [2.24, 2.45) is 17.8 Å². The molecule has 2 saturated carbocycles. The molecule has 0 bridgehead atoms. The van der Waals surface area contributed by atoms with E-state index in [-0.39, 0.29) is 12.4 Å². The number of hydrogen-bond donors (Lipinski definition) is 1. The van der Waals surface area contributed by atoms with Crippen LogP contribution in [0.3, 0.4) is 0 Å². The van der Waals surface area contributed by atoms with E-state index in [2.05, 4.69) is 21.3 Å². The van der Waals surface area contributed by atoms with Crippen molar-refractivity contribution in [2.45, 2.75) is 57.5 Å². The Morgan fingerprint density at radius 3 is 2.60 bits per heavy atom. The van der Waals surface area contributed by atoms with Crippen molar-refractivity contribution in [3.8, 4) is 0 Å². The van der Waals surface area contributed by atoms with Crippen LogP contribution in [0.4, 0.5) is 0 Å². The van der Waals surface area contributed by atoms with Crippen molar-refractivity contribution >= 4 is 18.3 Å². The van der Waals surface area contributed by atoms with Crippen molar-refractivity contribution in [1.29, 1.82) is 0 Å². The van der Waals surface area contributed by atoms with Crippen molar-refractivity contribution in [3.63, 3.8) is 0 Å². The van der Waals surface area contributed by atoms with Crippen molar-refractivity contribution in [1.82, 2.24) is 15.2 Å². The van der Waals surface area contributed by atoms with E-state index in [9.17, 15) is 4.79 Å². The molecule has 1 aromatic rings. The predicted octanol–water partition coefficient (Wildman–Crippen LogP) is 3.41. The number of carbonyl (C=O) groups excluding carboxylic acids is 1. The Balaban J connectivity index is 0.00000182. The van der Waals surface area contributed by atoms with Crippen molar-refractivity contribution in [3.05, 3.63) is 30.1 Å². The van der Waals surface area contributed by atoms with Crippen molar-refractivity contribution < 1.29 is 4.79 Å². The number of nitrogens with zero attached hydrogens (tertiary/aromatic N) is 2. The fourth-order valence-electron chi connectivity index (χ4n) is 4.92. The van der Waals surface area contributed by atoms with Gasteiger partial charge in [-0.25, -0.2) is 0 Å². The molecule has 1 aromatic heterocycles. The Kier molecular flexibility index (Phi) is 6.34. The van der Waals surface area contributed by atoms with Gasteiger partial charge in [0.25, 0.3) is 0 Å². The first-order valence-electron chi connectivity index (χ1n) is 9.75. The van der Waals surface area contributed by atoms with E-state index >= 15 is 0 Å². The van der Waals surface area contributed by atoms with Crippen LogP contribution >= 0.6 is 12.4 Å². The van der Waals surface area contributed by atoms with Crippen LogP contribution in [0.2, 0.25) is 0 Å². The molecule has 0 aromatic carbocycles. The molecular weight excluding hydrogens is 334 g/mol. The minimum Gasteiger partial charge on any atom is -0.334 e. The van der Waals surface area contributed by atoms with Crippen LogP contribution in [-0.2, 0) is 11.3 Å². The molecule has 2 aliphatic carbocycles. The zero-order valence-electron chi connectivity index (χ0n) is 14.9. The second-order valence-electron chi connectivity index (χ2n) is 7.76. The van der Waals surface area contributed by atoms with Crippen LogP contribution < -0.4 is 5.32 Å². The number of amides is 1. The van der Waals surface area contributed by atoms with Crippen LogP contribution in [0, 0.1) is 17.8 Å². The summed E-state index contributed by atoms with van der Waals surface area (Å²) in [4.78, 5) is 20.0. The molecule has 25 heavy (non-hydrogen) atoms. The summed E-state index contributed by atoms with van der Waals surface area (Å²) in [5.74, 6) is 2.10. The van der Waals surface area contributed by atoms with Gasteiger partial charge in [0.05, 0.1) is 12.2 Å². The van der Waals surface area contributed by atoms with E-state index < -0.39 is 0 Å². The van der Waals surface area contributed by atoms with E-state index in [4.69, 9.17) is 0 Å². The summed E-state index contributed by atoms with van der Waals surface area (Å²) >= 11 is 0. The Morgan fingerprint density at radius 1 is 1.08 bits per heavy atom. The molecule has 2 heterocycles. The molecule has 3 unspecified atom stereocenters. The Hall–Kier alpha value is -1.13. The van der Waals surface area contributed by atoms with Gasteiger partial charge < -0.3 is 10.2 Å². The third kappa shape index (κ3) is 4.17. The van der Waals surface area contributed by atoms with Gasteiger partial charge in [0.2, 0.25) is 5.91 Å². The van der Waals surface area contributed by atoms with Gasteiger partial charge in [-0.05, 0) is 69.2 Å². The molecular formula is C20H30ClN3O. The molecule has 1 aliphatic heterocycles. The molecule has 1 amide bonds. The van der Waals surface area contributed by atoms with Crippen LogP contribution in [-0.4, -0.2) is 34.9 Å². The normalized spacial score (nSPS) is 31.2. The lowest BCUT2D eigenvalue weighted by atomic mass is 10.0. The van der Waals surface area contributed by atoms with Crippen LogP contribution in [0.5, 0.6) is 0 Å². The van der Waals surface area contributed by atoms with Gasteiger partial charge in [0.15, 0.2) is 0 Å². The first kappa shape index (κ1) is 18.7. The minimum atomic E-state index is 0. The number of pyridine rings is 1. The Bertz CT molecular complexity index is 547. The van der Waals surface area contributed by atoms with E-state index in [1.165, 1.54) is 25.7 Å². The number of carbonyl (C=O) groups is 1. The fourth-order valence-corrected chi connectivity index (χ4v) is 4.92. The van der Waals surface area contributed by atoms with Crippen LogP contribution in [0.1, 0.15) is 50.6 Å². The van der Waals surface area contributed by atoms with Gasteiger partial charge >= 0.3 is 0 Å². The molecule has 3 aliphatic rings. The second-order valence-corrected chi connectivity index (χ2v) is 7.76. The largest absolute Gasteiger partial charge is 0.334 e. The molecule has 138 valence electrons. The van der Waals surface area contributed by atoms with Gasteiger partial charge in [-0.2, -0.15) is 0 Å². The molecule has 1 N–H and O–H groups in total. The highest BCUT2D eigenvalue weighted by Gasteiger charge is 2.56. The highest BCUT2D eigenvalue weighted by atomic mass is 35.5. The highest BCUT2D eigenvalue weighted by Crippen LogP contribution is 2.56. The second kappa shape index (κ2) is 8.50. The van der Waals surface area contributed by atoms with E-state index in [0.717, 1.165) is 38.0 Å². The molecule has 4 nitrogen and oxygen atoms in total. The minimum absolute atomic E-state index is 0. The van der Waals surface area contributed by atoms with Gasteiger partial charge in [-0.1, -0.05) is 18.9 Å². The molecule has 3 atom stereocenters. The summed E-state index contributed by atoms with van der Waals surface area (Å²) in [6, 6.07) is 6.39. The molecule has 1 saturated heterocycles. The van der Waals surface area contributed by atoms with Gasteiger partial charge in [-0.3, -0.25) is 9.78 Å². The summed E-state index contributed by atoms with van der Waals surface area (Å²) in [5, 5.41) is 3.48. The number of rotatable bonds is 4. The first-order valence-corrected chi connectivity index (χ1v) is 9.75. The zero-order valence-corrected chi connectivity index (χ0v) is 15.7. The lowest BCUT2D eigenvalue weighted by molar-refractivity contribution is -0.136. The van der Waals surface area contributed by atoms with Crippen molar-refractivity contribution in [2.75, 3.05) is 13.1 Å². The summed E-state index contributed by atoms with van der Waals surface area (Å²) in [7, 11) is 0. The average Bonchev–Trinajstić information content (AvgIpc) is 3.40. The SMILES string of the molecule is Cl.O=C(C1C2CCCCC21)N(Cc1ccccn1)C1CCCNCC1. The average molecular weight is 364 g/mol. The highest BCUT2D eigenvalue weighted by molar-refractivity contribution is 5.85. The maximum atomic E-state index is 13.4. The van der Waals surface area contributed by atoms with E-state index in [1.54, 1.807) is 0 Å². The Morgan fingerprint density at radius 2 is 1.88 bits per heavy atom. The number of aromatic nitrogens is 1. The maximum Gasteiger partial charge on any atom is 0.226 e. The third-order valence-corrected chi connectivity index (χ3v) is 6.27. The molecule has 0 radical (unpaired) electrons. The summed E-state index contributed by atoms with van der Waals surface area (Å²) in [6.45, 7) is 2.78. The summed E-state index contributed by atoms with van der Waals surface area (Å²) in [6.07, 6.45) is 10.4. The maximum absolute atomic E-state index is 13.4. The number of halogens is 1. The molecule has 5 heteroatoms. The topological polar surface area (TPSA) is 45.2 Å². The lowest BCUT2D eigenvalue weighted by Gasteiger charge is -2.31. The van der Waals surface area contributed by atoms with Crippen LogP contribution in [0.25, 0.3) is 0 Å². The first-order chi connectivity index (χ1) is 11.8. The van der Waals surface area contributed by atoms with E-state index in [0.29, 0.717) is 36.2 Å². The molecule has 0 spiro atoms. The zero-order chi connectivity index (χ0) is 16.4. The lowest BCUT2D eigenvalue weighted by Crippen LogP contribution is -2.42. The van der Waals surface area contributed by atoms with Crippen LogP contribution in [0.15, 0.2) is 24.4 Å². The molecule has 3 fully saturated rings. The fraction of sp³-hybridized carbons (Fsp3) is 0.700. The summed E-state index contributed by atoms with van der Waals surface area (Å²) in [5.41, 5.74) is 1.02. The number of nitrogens with one attached hydrogen (secondary N) is 1. The van der Waals surface area contributed by atoms with Gasteiger partial charge in [0, 0.05) is 18.2 Å². The van der Waals surface area contributed by atoms with Gasteiger partial charge in [0.1, 0.15) is 0 Å². The molecule has 4 rings (SSSR count). The van der Waals surface area contributed by atoms with E-state index in [1.807, 2.05) is 18.3 Å². The third-order valence-electron chi connectivity index (χ3n) is 6.27. The van der Waals surface area contributed by atoms with Gasteiger partial charge in [-0.15, -0.1) is 12.4 Å². The standard InChI is InChI=1S/C20H29N3O.ClH/c24-20(19-17-8-1-2-9-18(17)19)23(14-15-6-3-4-12-22-15)16-7-5-11-21-13-10-16;/h3-4,6,12,16-19,21H,1-2,5,7-11,13-14H2;1H. The smallest absolute Gasteiger partial charge is 0.226 e. The number of fused-ring (bicyclic) bond motifs is 1.